The molecule has 1 aliphatic rings. The third-order valence-electron chi connectivity index (χ3n) is 4.79. The lowest BCUT2D eigenvalue weighted by Gasteiger charge is -2.30. The highest BCUT2D eigenvalue weighted by Crippen LogP contribution is 2.38. The van der Waals surface area contributed by atoms with Gasteiger partial charge in [0.05, 0.1) is 22.9 Å². The number of benzene rings is 1. The fourth-order valence-electron chi connectivity index (χ4n) is 3.00. The quantitative estimate of drug-likeness (QED) is 0.541. The van der Waals surface area contributed by atoms with E-state index in [0.29, 0.717) is 12.1 Å². The Morgan fingerprint density at radius 3 is 2.07 bits per heavy atom. The Bertz CT molecular complexity index is 910. The van der Waals surface area contributed by atoms with Crippen molar-refractivity contribution in [2.75, 3.05) is 6.54 Å². The molecule has 1 fully saturated rings. The standard InChI is InChI=1S/C19H16ClF6N3O/c1-10(15-16(20)28-5-4-27-15)29(9-11-2-3-11)17(30)12-6-13(18(21,22)23)8-14(7-12)19(24,25)26/h4-8,10-11H,2-3,9H2,1H3. The highest BCUT2D eigenvalue weighted by atomic mass is 35.5. The lowest BCUT2D eigenvalue weighted by molar-refractivity contribution is -0.143. The summed E-state index contributed by atoms with van der Waals surface area (Å²) in [6.07, 6.45) is -5.81. The molecule has 2 aromatic rings. The molecule has 1 saturated carbocycles. The largest absolute Gasteiger partial charge is 0.416 e. The Labute approximate surface area is 172 Å². The van der Waals surface area contributed by atoms with Gasteiger partial charge in [-0.2, -0.15) is 26.3 Å². The molecule has 0 spiro atoms. The molecule has 11 heteroatoms. The van der Waals surface area contributed by atoms with Crippen LogP contribution >= 0.6 is 11.6 Å². The highest BCUT2D eigenvalue weighted by molar-refractivity contribution is 6.30. The summed E-state index contributed by atoms with van der Waals surface area (Å²) in [6.45, 7) is 1.71. The van der Waals surface area contributed by atoms with Gasteiger partial charge < -0.3 is 4.90 Å². The number of carbonyl (C=O) groups is 1. The Morgan fingerprint density at radius 1 is 1.07 bits per heavy atom. The zero-order chi connectivity index (χ0) is 22.3. The van der Waals surface area contributed by atoms with Crippen LogP contribution in [-0.4, -0.2) is 27.3 Å². The van der Waals surface area contributed by atoms with Crippen LogP contribution in [0.4, 0.5) is 26.3 Å². The van der Waals surface area contributed by atoms with E-state index in [9.17, 15) is 31.1 Å². The first-order valence-electron chi connectivity index (χ1n) is 8.94. The van der Waals surface area contributed by atoms with Gasteiger partial charge >= 0.3 is 12.4 Å². The predicted octanol–water partition coefficient (Wildman–Crippen LogP) is 5.78. The molecular weight excluding hydrogens is 436 g/mol. The van der Waals surface area contributed by atoms with Gasteiger partial charge in [-0.25, -0.2) is 4.98 Å². The summed E-state index contributed by atoms with van der Waals surface area (Å²) in [5, 5.41) is -0.00128. The zero-order valence-electron chi connectivity index (χ0n) is 15.6. The third-order valence-corrected chi connectivity index (χ3v) is 5.08. The van der Waals surface area contributed by atoms with Crippen molar-refractivity contribution in [2.45, 2.75) is 38.2 Å². The van der Waals surface area contributed by atoms with Crippen LogP contribution in [0.3, 0.4) is 0 Å². The Kier molecular flexibility index (Phi) is 5.99. The van der Waals surface area contributed by atoms with Crippen molar-refractivity contribution >= 4 is 17.5 Å². The van der Waals surface area contributed by atoms with E-state index in [1.54, 1.807) is 6.92 Å². The van der Waals surface area contributed by atoms with Crippen LogP contribution in [0.15, 0.2) is 30.6 Å². The number of alkyl halides is 6. The number of hydrogen-bond donors (Lipinski definition) is 0. The van der Waals surface area contributed by atoms with Crippen molar-refractivity contribution in [3.8, 4) is 0 Å². The van der Waals surface area contributed by atoms with Crippen LogP contribution in [0.5, 0.6) is 0 Å². The molecular formula is C19H16ClF6N3O. The average Bonchev–Trinajstić information content (AvgIpc) is 3.48. The van der Waals surface area contributed by atoms with Crippen molar-refractivity contribution < 1.29 is 31.1 Å². The second-order valence-electron chi connectivity index (χ2n) is 7.10. The van der Waals surface area contributed by atoms with E-state index in [1.165, 1.54) is 17.3 Å². The maximum absolute atomic E-state index is 13.2. The molecule has 1 aromatic carbocycles. The number of nitrogens with zero attached hydrogens (tertiary/aromatic N) is 3. The maximum Gasteiger partial charge on any atom is 0.416 e. The molecule has 0 bridgehead atoms. The molecule has 4 nitrogen and oxygen atoms in total. The Morgan fingerprint density at radius 2 is 1.60 bits per heavy atom. The van der Waals surface area contributed by atoms with Gasteiger partial charge in [-0.05, 0) is 43.9 Å². The van der Waals surface area contributed by atoms with Crippen LogP contribution in [0.1, 0.15) is 53.0 Å². The first-order valence-corrected chi connectivity index (χ1v) is 9.32. The molecule has 1 aromatic heterocycles. The summed E-state index contributed by atoms with van der Waals surface area (Å²) in [6, 6.07) is 0.0545. The molecule has 0 N–H and O–H groups in total. The van der Waals surface area contributed by atoms with Crippen molar-refractivity contribution in [1.29, 1.82) is 0 Å². The van der Waals surface area contributed by atoms with E-state index >= 15 is 0 Å². The summed E-state index contributed by atoms with van der Waals surface area (Å²) in [5.74, 6) is -0.854. The van der Waals surface area contributed by atoms with E-state index < -0.39 is 41.0 Å². The van der Waals surface area contributed by atoms with Crippen LogP contribution in [-0.2, 0) is 12.4 Å². The molecule has 1 amide bonds. The van der Waals surface area contributed by atoms with E-state index in [4.69, 9.17) is 11.6 Å². The van der Waals surface area contributed by atoms with Crippen LogP contribution in [0, 0.1) is 5.92 Å². The molecule has 0 radical (unpaired) electrons. The Hall–Kier alpha value is -2.36. The fraction of sp³-hybridized carbons (Fsp3) is 0.421. The monoisotopic (exact) mass is 451 g/mol. The van der Waals surface area contributed by atoms with E-state index in [-0.39, 0.29) is 29.4 Å². The van der Waals surface area contributed by atoms with Gasteiger partial charge in [0.2, 0.25) is 0 Å². The first-order chi connectivity index (χ1) is 13.9. The van der Waals surface area contributed by atoms with Crippen molar-refractivity contribution in [2.24, 2.45) is 5.92 Å². The van der Waals surface area contributed by atoms with Gasteiger partial charge in [-0.3, -0.25) is 9.78 Å². The number of halogens is 7. The minimum absolute atomic E-state index is 0.00128. The van der Waals surface area contributed by atoms with Gasteiger partial charge in [0, 0.05) is 24.5 Å². The molecule has 30 heavy (non-hydrogen) atoms. The normalized spacial score (nSPS) is 15.7. The fourth-order valence-corrected chi connectivity index (χ4v) is 3.26. The zero-order valence-corrected chi connectivity index (χ0v) is 16.3. The Balaban J connectivity index is 2.05. The van der Waals surface area contributed by atoms with Gasteiger partial charge in [-0.1, -0.05) is 11.6 Å². The van der Waals surface area contributed by atoms with E-state index in [0.717, 1.165) is 12.8 Å². The molecule has 1 unspecified atom stereocenters. The van der Waals surface area contributed by atoms with Crippen molar-refractivity contribution in [1.82, 2.24) is 14.9 Å². The van der Waals surface area contributed by atoms with Crippen LogP contribution in [0.2, 0.25) is 5.15 Å². The van der Waals surface area contributed by atoms with E-state index in [1.807, 2.05) is 0 Å². The highest BCUT2D eigenvalue weighted by Gasteiger charge is 2.39. The smallest absolute Gasteiger partial charge is 0.330 e. The third kappa shape index (κ3) is 5.03. The van der Waals surface area contributed by atoms with Crippen molar-refractivity contribution in [3.63, 3.8) is 0 Å². The summed E-state index contributed by atoms with van der Waals surface area (Å²) >= 11 is 6.03. The lowest BCUT2D eigenvalue weighted by Crippen LogP contribution is -2.36. The minimum Gasteiger partial charge on any atom is -0.330 e. The number of rotatable bonds is 5. The van der Waals surface area contributed by atoms with Crippen LogP contribution in [0.25, 0.3) is 0 Å². The maximum atomic E-state index is 13.2. The van der Waals surface area contributed by atoms with Gasteiger partial charge in [0.1, 0.15) is 0 Å². The average molecular weight is 452 g/mol. The number of hydrogen-bond acceptors (Lipinski definition) is 3. The van der Waals surface area contributed by atoms with Gasteiger partial charge in [0.15, 0.2) is 5.15 Å². The van der Waals surface area contributed by atoms with Gasteiger partial charge in [-0.15, -0.1) is 0 Å². The molecule has 1 heterocycles. The molecule has 3 rings (SSSR count). The summed E-state index contributed by atoms with van der Waals surface area (Å²) in [5.41, 5.74) is -3.59. The van der Waals surface area contributed by atoms with Crippen LogP contribution < -0.4 is 0 Å². The number of aromatic nitrogens is 2. The predicted molar refractivity (Wildman–Crippen MR) is 95.7 cm³/mol. The second-order valence-corrected chi connectivity index (χ2v) is 7.46. The summed E-state index contributed by atoms with van der Waals surface area (Å²) in [7, 11) is 0. The topological polar surface area (TPSA) is 46.1 Å². The van der Waals surface area contributed by atoms with E-state index in [2.05, 4.69) is 9.97 Å². The van der Waals surface area contributed by atoms with Gasteiger partial charge in [0.25, 0.3) is 5.91 Å². The number of amides is 1. The number of carbonyl (C=O) groups excluding carboxylic acids is 1. The summed E-state index contributed by atoms with van der Waals surface area (Å²) in [4.78, 5) is 22.2. The SMILES string of the molecule is CC(c1nccnc1Cl)N(CC1CC1)C(=O)c1cc(C(F)(F)F)cc(C(F)(F)F)c1. The molecule has 162 valence electrons. The molecule has 0 saturated heterocycles. The van der Waals surface area contributed by atoms with Crippen molar-refractivity contribution in [3.05, 3.63) is 58.1 Å². The summed E-state index contributed by atoms with van der Waals surface area (Å²) < 4.78 is 79.0. The molecule has 0 aliphatic heterocycles. The lowest BCUT2D eigenvalue weighted by atomic mass is 10.0. The second kappa shape index (κ2) is 8.05. The molecule has 1 aliphatic carbocycles. The molecule has 1 atom stereocenters. The first kappa shape index (κ1) is 22.3. The minimum atomic E-state index is -5.04.